The number of imidazole rings is 1. The maximum atomic E-state index is 11.7. The van der Waals surface area contributed by atoms with Crippen molar-refractivity contribution in [3.05, 3.63) is 51.7 Å². The van der Waals surface area contributed by atoms with E-state index in [1.807, 2.05) is 11.6 Å². The van der Waals surface area contributed by atoms with Crippen molar-refractivity contribution >= 4 is 51.6 Å². The van der Waals surface area contributed by atoms with Gasteiger partial charge in [0.2, 0.25) is 0 Å². The summed E-state index contributed by atoms with van der Waals surface area (Å²) in [5.74, 6) is 0.158. The number of fused-ring (bicyclic) bond motifs is 1. The molecule has 23 heavy (non-hydrogen) atoms. The molecule has 0 aliphatic heterocycles. The van der Waals surface area contributed by atoms with E-state index >= 15 is 0 Å². The van der Waals surface area contributed by atoms with E-state index in [0.29, 0.717) is 21.6 Å². The molecule has 1 N–H and O–H groups in total. The van der Waals surface area contributed by atoms with Crippen molar-refractivity contribution in [2.24, 2.45) is 5.10 Å². The predicted molar refractivity (Wildman–Crippen MR) is 90.8 cm³/mol. The zero-order chi connectivity index (χ0) is 16.2. The van der Waals surface area contributed by atoms with Crippen LogP contribution in [0.5, 0.6) is 5.75 Å². The number of thiazole rings is 1. The van der Waals surface area contributed by atoms with Gasteiger partial charge in [0, 0.05) is 16.6 Å². The average molecular weight is 369 g/mol. The number of nitrogens with zero attached hydrogens (tertiary/aromatic N) is 3. The van der Waals surface area contributed by atoms with Gasteiger partial charge in [0.1, 0.15) is 11.4 Å². The Bertz CT molecular complexity index is 857. The first-order valence-electron chi connectivity index (χ1n) is 6.45. The fourth-order valence-electron chi connectivity index (χ4n) is 1.77. The van der Waals surface area contributed by atoms with Gasteiger partial charge >= 0.3 is 0 Å². The van der Waals surface area contributed by atoms with Gasteiger partial charge in [0.25, 0.3) is 5.91 Å². The Kier molecular flexibility index (Phi) is 4.80. The molecule has 9 heteroatoms. The number of hydrogen-bond acceptors (Lipinski definition) is 5. The van der Waals surface area contributed by atoms with Crippen LogP contribution in [0.15, 0.2) is 40.9 Å². The Morgan fingerprint density at radius 2 is 2.17 bits per heavy atom. The molecule has 0 spiro atoms. The lowest BCUT2D eigenvalue weighted by molar-refractivity contribution is -0.123. The average Bonchev–Trinajstić information content (AvgIpc) is 3.09. The quantitative estimate of drug-likeness (QED) is 0.555. The van der Waals surface area contributed by atoms with Crippen LogP contribution >= 0.6 is 34.5 Å². The summed E-state index contributed by atoms with van der Waals surface area (Å²) in [5.41, 5.74) is 2.97. The predicted octanol–water partition coefficient (Wildman–Crippen LogP) is 3.23. The highest BCUT2D eigenvalue weighted by Crippen LogP contribution is 2.19. The Balaban J connectivity index is 1.55. The number of carbonyl (C=O) groups excluding carboxylic acids is 1. The number of hydrogen-bond donors (Lipinski definition) is 1. The molecule has 0 unspecified atom stereocenters. The van der Waals surface area contributed by atoms with Gasteiger partial charge in [0.05, 0.1) is 6.21 Å². The van der Waals surface area contributed by atoms with Gasteiger partial charge in [-0.1, -0.05) is 23.2 Å². The summed E-state index contributed by atoms with van der Waals surface area (Å²) >= 11 is 13.2. The van der Waals surface area contributed by atoms with E-state index in [1.165, 1.54) is 17.6 Å². The van der Waals surface area contributed by atoms with E-state index in [-0.39, 0.29) is 6.61 Å². The Morgan fingerprint density at radius 3 is 2.96 bits per heavy atom. The normalized spacial score (nSPS) is 11.2. The molecule has 0 aliphatic carbocycles. The molecule has 0 aliphatic rings. The van der Waals surface area contributed by atoms with Crippen LogP contribution in [0.4, 0.5) is 0 Å². The van der Waals surface area contributed by atoms with Gasteiger partial charge in [-0.05, 0) is 24.3 Å². The topological polar surface area (TPSA) is 68.0 Å². The second-order valence-corrected chi connectivity index (χ2v) is 6.05. The van der Waals surface area contributed by atoms with Gasteiger partial charge in [-0.25, -0.2) is 10.4 Å². The van der Waals surface area contributed by atoms with Gasteiger partial charge in [-0.2, -0.15) is 5.10 Å². The smallest absolute Gasteiger partial charge is 0.277 e. The fourth-order valence-corrected chi connectivity index (χ4v) is 2.89. The molecule has 0 bridgehead atoms. The third kappa shape index (κ3) is 3.82. The summed E-state index contributed by atoms with van der Waals surface area (Å²) in [4.78, 5) is 16.6. The van der Waals surface area contributed by atoms with Crippen molar-refractivity contribution in [3.63, 3.8) is 0 Å². The summed E-state index contributed by atoms with van der Waals surface area (Å²) < 4.78 is 7.09. The van der Waals surface area contributed by atoms with E-state index in [2.05, 4.69) is 15.5 Å². The van der Waals surface area contributed by atoms with Crippen LogP contribution in [-0.2, 0) is 4.79 Å². The van der Waals surface area contributed by atoms with Crippen LogP contribution in [0, 0.1) is 0 Å². The number of aromatic nitrogens is 2. The van der Waals surface area contributed by atoms with Crippen molar-refractivity contribution in [2.75, 3.05) is 6.61 Å². The molecule has 118 valence electrons. The Hall–Kier alpha value is -2.09. The summed E-state index contributed by atoms with van der Waals surface area (Å²) in [6, 6.07) is 6.72. The first kappa shape index (κ1) is 15.8. The highest BCUT2D eigenvalue weighted by Gasteiger charge is 2.09. The van der Waals surface area contributed by atoms with Crippen molar-refractivity contribution in [2.45, 2.75) is 0 Å². The number of amides is 1. The highest BCUT2D eigenvalue weighted by atomic mass is 35.5. The molecule has 1 amide bonds. The van der Waals surface area contributed by atoms with Crippen molar-refractivity contribution in [1.82, 2.24) is 14.8 Å². The van der Waals surface area contributed by atoms with E-state index in [9.17, 15) is 4.79 Å². The minimum absolute atomic E-state index is 0.160. The van der Waals surface area contributed by atoms with Gasteiger partial charge in [-0.15, -0.1) is 11.3 Å². The molecule has 3 rings (SSSR count). The fraction of sp³-hybridized carbons (Fsp3) is 0.0714. The van der Waals surface area contributed by atoms with Crippen molar-refractivity contribution in [1.29, 1.82) is 0 Å². The molecular formula is C14H10Cl2N4O2S. The van der Waals surface area contributed by atoms with Crippen LogP contribution in [0.1, 0.15) is 5.69 Å². The number of hydrazone groups is 1. The molecule has 0 radical (unpaired) electrons. The van der Waals surface area contributed by atoms with Crippen LogP contribution < -0.4 is 10.2 Å². The first-order valence-corrected chi connectivity index (χ1v) is 8.08. The van der Waals surface area contributed by atoms with Crippen LogP contribution in [0.2, 0.25) is 10.2 Å². The van der Waals surface area contributed by atoms with E-state index < -0.39 is 5.91 Å². The molecule has 1 aromatic carbocycles. The zero-order valence-corrected chi connectivity index (χ0v) is 13.9. The lowest BCUT2D eigenvalue weighted by Crippen LogP contribution is -2.24. The van der Waals surface area contributed by atoms with E-state index in [4.69, 9.17) is 27.9 Å². The molecule has 0 atom stereocenters. The van der Waals surface area contributed by atoms with E-state index in [0.717, 1.165) is 4.96 Å². The van der Waals surface area contributed by atoms with E-state index in [1.54, 1.807) is 28.7 Å². The summed E-state index contributed by atoms with van der Waals surface area (Å²) in [5, 5.41) is 6.67. The standard InChI is InChI=1S/C14H10Cl2N4O2S/c15-9-1-3-10(4-2-9)22-8-12(21)19-17-7-11-13(16)18-14-20(11)5-6-23-14/h1-7H,8H2,(H,19,21)/b17-7+. The lowest BCUT2D eigenvalue weighted by Gasteiger charge is -2.04. The molecule has 0 saturated heterocycles. The SMILES string of the molecule is O=C(COc1ccc(Cl)cc1)N/N=C/c1c(Cl)nc2sccn12. The number of nitrogens with one attached hydrogen (secondary N) is 1. The molecule has 0 saturated carbocycles. The largest absolute Gasteiger partial charge is 0.484 e. The van der Waals surface area contributed by atoms with Crippen molar-refractivity contribution in [3.8, 4) is 5.75 Å². The third-order valence-electron chi connectivity index (χ3n) is 2.81. The van der Waals surface area contributed by atoms with Crippen LogP contribution in [0.3, 0.4) is 0 Å². The zero-order valence-electron chi connectivity index (χ0n) is 11.6. The maximum Gasteiger partial charge on any atom is 0.277 e. The minimum atomic E-state index is -0.390. The highest BCUT2D eigenvalue weighted by molar-refractivity contribution is 7.15. The number of carbonyl (C=O) groups is 1. The first-order chi connectivity index (χ1) is 11.1. The van der Waals surface area contributed by atoms with Crippen LogP contribution in [-0.4, -0.2) is 28.1 Å². The number of rotatable bonds is 5. The lowest BCUT2D eigenvalue weighted by atomic mass is 10.3. The third-order valence-corrected chi connectivity index (χ3v) is 4.10. The Morgan fingerprint density at radius 1 is 1.39 bits per heavy atom. The molecule has 2 heterocycles. The van der Waals surface area contributed by atoms with Gasteiger partial charge in [0.15, 0.2) is 16.7 Å². The van der Waals surface area contributed by atoms with Crippen LogP contribution in [0.25, 0.3) is 4.96 Å². The molecule has 6 nitrogen and oxygen atoms in total. The number of ether oxygens (including phenoxy) is 1. The number of benzene rings is 1. The second-order valence-electron chi connectivity index (χ2n) is 4.38. The van der Waals surface area contributed by atoms with Crippen molar-refractivity contribution < 1.29 is 9.53 Å². The second kappa shape index (κ2) is 6.99. The minimum Gasteiger partial charge on any atom is -0.484 e. The number of halogens is 2. The molecule has 2 aromatic heterocycles. The monoisotopic (exact) mass is 368 g/mol. The Labute approximate surface area is 145 Å². The molecule has 0 fully saturated rings. The summed E-state index contributed by atoms with van der Waals surface area (Å²) in [6.45, 7) is -0.160. The molecule has 3 aromatic rings. The molecular weight excluding hydrogens is 359 g/mol. The van der Waals surface area contributed by atoms with Gasteiger partial charge in [-0.3, -0.25) is 9.20 Å². The summed E-state index contributed by atoms with van der Waals surface area (Å²) in [6.07, 6.45) is 3.26. The van der Waals surface area contributed by atoms with Gasteiger partial charge < -0.3 is 4.74 Å². The maximum absolute atomic E-state index is 11.7. The summed E-state index contributed by atoms with van der Waals surface area (Å²) in [7, 11) is 0.